The van der Waals surface area contributed by atoms with E-state index in [1.54, 1.807) is 12.1 Å². The number of nitrogens with zero attached hydrogens (tertiary/aromatic N) is 1. The largest absolute Gasteiger partial charge is 0.376 e. The number of imide groups is 1. The van der Waals surface area contributed by atoms with Crippen LogP contribution >= 0.6 is 0 Å². The molecule has 2 unspecified atom stereocenters. The standard InChI is InChI=1S/C24H26N2O4/c1-2-16(17-7-4-3-5-8-17)14-25-22(27)18-10-11-20-21(13-18)24(29)26(23(20)28)15-19-9-6-12-30-19/h3-5,7-8,10-11,13,16,19H,2,6,9,12,14-15H2,1H3,(H,25,27). The molecule has 1 fully saturated rings. The van der Waals surface area contributed by atoms with E-state index in [4.69, 9.17) is 4.74 Å². The Hall–Kier alpha value is -2.99. The molecule has 3 amide bonds. The second-order valence-corrected chi connectivity index (χ2v) is 7.84. The Morgan fingerprint density at radius 2 is 1.90 bits per heavy atom. The summed E-state index contributed by atoms with van der Waals surface area (Å²) in [4.78, 5) is 39.4. The van der Waals surface area contributed by atoms with E-state index in [1.807, 2.05) is 18.2 Å². The number of fused-ring (bicyclic) bond motifs is 1. The molecule has 0 aliphatic carbocycles. The monoisotopic (exact) mass is 406 g/mol. The summed E-state index contributed by atoms with van der Waals surface area (Å²) < 4.78 is 5.56. The average molecular weight is 406 g/mol. The van der Waals surface area contributed by atoms with Gasteiger partial charge in [0.15, 0.2) is 0 Å². The zero-order valence-electron chi connectivity index (χ0n) is 17.1. The van der Waals surface area contributed by atoms with Gasteiger partial charge in [0.25, 0.3) is 17.7 Å². The van der Waals surface area contributed by atoms with Crippen molar-refractivity contribution in [2.75, 3.05) is 19.7 Å². The Morgan fingerprint density at radius 3 is 2.60 bits per heavy atom. The highest BCUT2D eigenvalue weighted by atomic mass is 16.5. The Kier molecular flexibility index (Phi) is 5.95. The summed E-state index contributed by atoms with van der Waals surface area (Å²) in [5.41, 5.74) is 2.21. The highest BCUT2D eigenvalue weighted by molar-refractivity contribution is 6.22. The van der Waals surface area contributed by atoms with Crippen LogP contribution in [0.3, 0.4) is 0 Å². The summed E-state index contributed by atoms with van der Waals surface area (Å²) in [7, 11) is 0. The van der Waals surface area contributed by atoms with Gasteiger partial charge in [-0.25, -0.2) is 0 Å². The van der Waals surface area contributed by atoms with Crippen molar-refractivity contribution in [3.8, 4) is 0 Å². The third kappa shape index (κ3) is 4.00. The topological polar surface area (TPSA) is 75.7 Å². The number of ether oxygens (including phenoxy) is 1. The first kappa shape index (κ1) is 20.3. The van der Waals surface area contributed by atoms with Gasteiger partial charge >= 0.3 is 0 Å². The summed E-state index contributed by atoms with van der Waals surface area (Å²) >= 11 is 0. The quantitative estimate of drug-likeness (QED) is 0.715. The number of carbonyl (C=O) groups excluding carboxylic acids is 3. The van der Waals surface area contributed by atoms with Crippen LogP contribution in [-0.2, 0) is 4.74 Å². The van der Waals surface area contributed by atoms with Gasteiger partial charge in [-0.3, -0.25) is 19.3 Å². The first-order valence-electron chi connectivity index (χ1n) is 10.5. The van der Waals surface area contributed by atoms with Crippen LogP contribution in [-0.4, -0.2) is 48.4 Å². The van der Waals surface area contributed by atoms with Crippen molar-refractivity contribution in [3.05, 3.63) is 70.8 Å². The van der Waals surface area contributed by atoms with Gasteiger partial charge < -0.3 is 10.1 Å². The minimum absolute atomic E-state index is 0.0982. The second kappa shape index (κ2) is 8.79. The Bertz CT molecular complexity index is 951. The van der Waals surface area contributed by atoms with Crippen molar-refractivity contribution in [3.63, 3.8) is 0 Å². The third-order valence-electron chi connectivity index (χ3n) is 5.92. The first-order valence-corrected chi connectivity index (χ1v) is 10.5. The van der Waals surface area contributed by atoms with E-state index in [0.717, 1.165) is 19.3 Å². The van der Waals surface area contributed by atoms with Gasteiger partial charge in [0.1, 0.15) is 0 Å². The number of carbonyl (C=O) groups is 3. The number of hydrogen-bond donors (Lipinski definition) is 1. The predicted molar refractivity (Wildman–Crippen MR) is 113 cm³/mol. The SMILES string of the molecule is CCC(CNC(=O)c1ccc2c(c1)C(=O)N(CC1CCCO1)C2=O)c1ccccc1. The molecule has 2 atom stereocenters. The molecule has 30 heavy (non-hydrogen) atoms. The Morgan fingerprint density at radius 1 is 1.13 bits per heavy atom. The Labute approximate surface area is 176 Å². The van der Waals surface area contributed by atoms with Crippen molar-refractivity contribution < 1.29 is 19.1 Å². The molecule has 1 saturated heterocycles. The van der Waals surface area contributed by atoms with Gasteiger partial charge in [0.2, 0.25) is 0 Å². The summed E-state index contributed by atoms with van der Waals surface area (Å²) in [6, 6.07) is 14.8. The molecule has 0 saturated carbocycles. The van der Waals surface area contributed by atoms with Crippen LogP contribution in [0.5, 0.6) is 0 Å². The fraction of sp³-hybridized carbons (Fsp3) is 0.375. The van der Waals surface area contributed by atoms with Gasteiger partial charge in [0, 0.05) is 24.6 Å². The minimum atomic E-state index is -0.351. The Balaban J connectivity index is 1.44. The van der Waals surface area contributed by atoms with Gasteiger partial charge in [-0.2, -0.15) is 0 Å². The summed E-state index contributed by atoms with van der Waals surface area (Å²) in [6.45, 7) is 3.53. The van der Waals surface area contributed by atoms with Crippen LogP contribution < -0.4 is 5.32 Å². The third-order valence-corrected chi connectivity index (χ3v) is 5.92. The fourth-order valence-electron chi connectivity index (χ4n) is 4.13. The fourth-order valence-corrected chi connectivity index (χ4v) is 4.13. The normalized spacial score (nSPS) is 19.1. The summed E-state index contributed by atoms with van der Waals surface area (Å²) in [5.74, 6) is -0.692. The predicted octanol–water partition coefficient (Wildman–Crippen LogP) is 3.39. The molecule has 6 heteroatoms. The summed E-state index contributed by atoms with van der Waals surface area (Å²) in [6.07, 6.45) is 2.60. The molecule has 4 rings (SSSR count). The molecule has 156 valence electrons. The molecule has 2 aliphatic heterocycles. The van der Waals surface area contributed by atoms with Gasteiger partial charge in [-0.05, 0) is 43.0 Å². The van der Waals surface area contributed by atoms with E-state index in [0.29, 0.717) is 29.8 Å². The highest BCUT2D eigenvalue weighted by Gasteiger charge is 2.37. The molecule has 6 nitrogen and oxygen atoms in total. The highest BCUT2D eigenvalue weighted by Crippen LogP contribution is 2.26. The number of rotatable bonds is 7. The van der Waals surface area contributed by atoms with Crippen molar-refractivity contribution >= 4 is 17.7 Å². The van der Waals surface area contributed by atoms with Crippen LogP contribution in [0.4, 0.5) is 0 Å². The molecule has 0 aromatic heterocycles. The number of nitrogens with one attached hydrogen (secondary N) is 1. The van der Waals surface area contributed by atoms with E-state index in [9.17, 15) is 14.4 Å². The second-order valence-electron chi connectivity index (χ2n) is 7.84. The first-order chi connectivity index (χ1) is 14.6. The molecular weight excluding hydrogens is 380 g/mol. The molecular formula is C24H26N2O4. The van der Waals surface area contributed by atoms with Crippen molar-refractivity contribution in [2.45, 2.75) is 38.2 Å². The maximum absolute atomic E-state index is 12.8. The van der Waals surface area contributed by atoms with Crippen molar-refractivity contribution in [1.82, 2.24) is 10.2 Å². The molecule has 2 heterocycles. The molecule has 0 bridgehead atoms. The maximum Gasteiger partial charge on any atom is 0.261 e. The van der Waals surface area contributed by atoms with Crippen LogP contribution in [0.25, 0.3) is 0 Å². The zero-order chi connectivity index (χ0) is 21.1. The molecule has 2 aliphatic rings. The molecule has 1 N–H and O–H groups in total. The van der Waals surface area contributed by atoms with Crippen LogP contribution in [0.1, 0.15) is 68.7 Å². The van der Waals surface area contributed by atoms with E-state index < -0.39 is 0 Å². The number of amides is 3. The van der Waals surface area contributed by atoms with Gasteiger partial charge in [-0.1, -0.05) is 37.3 Å². The smallest absolute Gasteiger partial charge is 0.261 e. The van der Waals surface area contributed by atoms with Crippen LogP contribution in [0, 0.1) is 0 Å². The van der Waals surface area contributed by atoms with Crippen molar-refractivity contribution in [1.29, 1.82) is 0 Å². The number of benzene rings is 2. The lowest BCUT2D eigenvalue weighted by atomic mass is 9.96. The molecule has 0 radical (unpaired) electrons. The van der Waals surface area contributed by atoms with Gasteiger partial charge in [0.05, 0.1) is 23.8 Å². The minimum Gasteiger partial charge on any atom is -0.376 e. The van der Waals surface area contributed by atoms with Gasteiger partial charge in [-0.15, -0.1) is 0 Å². The lowest BCUT2D eigenvalue weighted by molar-refractivity contribution is 0.0475. The van der Waals surface area contributed by atoms with E-state index in [-0.39, 0.29) is 36.3 Å². The van der Waals surface area contributed by atoms with E-state index in [1.165, 1.54) is 16.5 Å². The molecule has 0 spiro atoms. The van der Waals surface area contributed by atoms with E-state index in [2.05, 4.69) is 24.4 Å². The van der Waals surface area contributed by atoms with Crippen LogP contribution in [0.2, 0.25) is 0 Å². The summed E-state index contributed by atoms with van der Waals surface area (Å²) in [5, 5.41) is 2.97. The van der Waals surface area contributed by atoms with Crippen molar-refractivity contribution in [2.24, 2.45) is 0 Å². The average Bonchev–Trinajstić information content (AvgIpc) is 3.37. The van der Waals surface area contributed by atoms with Crippen LogP contribution in [0.15, 0.2) is 48.5 Å². The lowest BCUT2D eigenvalue weighted by Gasteiger charge is -2.17. The lowest BCUT2D eigenvalue weighted by Crippen LogP contribution is -2.36. The van der Waals surface area contributed by atoms with E-state index >= 15 is 0 Å². The molecule has 2 aromatic rings. The molecule has 2 aromatic carbocycles. The maximum atomic E-state index is 12.8. The number of hydrogen-bond acceptors (Lipinski definition) is 4. The zero-order valence-corrected chi connectivity index (χ0v) is 17.1.